The number of ether oxygens (including phenoxy) is 2. The van der Waals surface area contributed by atoms with Gasteiger partial charge in [0.15, 0.2) is 0 Å². The van der Waals surface area contributed by atoms with E-state index in [4.69, 9.17) is 8.85 Å². The van der Waals surface area contributed by atoms with Crippen LogP contribution in [0.5, 0.6) is 0 Å². The zero-order valence-corrected chi connectivity index (χ0v) is 27.4. The minimum atomic E-state index is -3.67. The van der Waals surface area contributed by atoms with Crippen LogP contribution in [-0.2, 0) is 54.1 Å². The van der Waals surface area contributed by atoms with E-state index >= 15 is 0 Å². The Morgan fingerprint density at radius 1 is 0.912 bits per heavy atom. The van der Waals surface area contributed by atoms with Gasteiger partial charge in [-0.15, -0.1) is 0 Å². The van der Waals surface area contributed by atoms with E-state index in [1.807, 2.05) is 0 Å². The van der Waals surface area contributed by atoms with E-state index in [1.54, 1.807) is 13.1 Å². The molecule has 0 aromatic carbocycles. The van der Waals surface area contributed by atoms with Gasteiger partial charge in [-0.1, -0.05) is 6.58 Å². The van der Waals surface area contributed by atoms with Crippen LogP contribution in [-0.4, -0.2) is 104 Å². The number of carbonyl (C=O) groups is 2. The molecule has 0 saturated heterocycles. The smallest absolute Gasteiger partial charge is 0.532 e. The van der Waals surface area contributed by atoms with E-state index in [9.17, 15) is 45.3 Å². The molecule has 0 aromatic rings. The Morgan fingerprint density at radius 2 is 1.47 bits per heavy atom. The van der Waals surface area contributed by atoms with Gasteiger partial charge in [0.25, 0.3) is 0 Å². The van der Waals surface area contributed by atoms with Gasteiger partial charge < -0.3 is 54.6 Å². The lowest BCUT2D eigenvalue weighted by Crippen LogP contribution is -2.51. The molecule has 0 unspecified atom stereocenters. The first-order valence-corrected chi connectivity index (χ1v) is 30.6. The highest BCUT2D eigenvalue weighted by atomic mass is 30.0. The molecular formula is C11H21NO13Si9. The lowest BCUT2D eigenvalue weighted by molar-refractivity contribution is -0.137. The number of hydrogen-bond acceptors (Lipinski definition) is 13. The van der Waals surface area contributed by atoms with E-state index in [1.165, 1.54) is 0 Å². The van der Waals surface area contributed by atoms with Crippen molar-refractivity contribution in [2.75, 3.05) is 19.8 Å². The molecule has 0 bridgehead atoms. The van der Waals surface area contributed by atoms with E-state index in [2.05, 4.69) is 16.6 Å². The highest BCUT2D eigenvalue weighted by Gasteiger charge is 2.49. The van der Waals surface area contributed by atoms with Crippen molar-refractivity contribution >= 4 is 84.1 Å². The number of esters is 1. The Bertz CT molecular complexity index is 949. The molecular weight excluding hydrogens is 607 g/mol. The van der Waals surface area contributed by atoms with Crippen LogP contribution < -0.4 is 5.32 Å². The van der Waals surface area contributed by atoms with Gasteiger partial charge in [-0.3, -0.25) is 0 Å². The Labute approximate surface area is 205 Å². The Balaban J connectivity index is 4.54. The quantitative estimate of drug-likeness (QED) is 0.0751. The molecule has 0 radical (unpaired) electrons. The molecule has 0 heterocycles. The zero-order chi connectivity index (χ0) is 26.5. The maximum Gasteiger partial charge on any atom is 0.532 e. The van der Waals surface area contributed by atoms with Gasteiger partial charge in [-0.25, -0.2) is 9.59 Å². The van der Waals surface area contributed by atoms with Crippen molar-refractivity contribution in [2.24, 2.45) is 0 Å². The molecule has 0 aliphatic carbocycles. The van der Waals surface area contributed by atoms with Crippen molar-refractivity contribution in [1.29, 1.82) is 0 Å². The molecule has 23 heteroatoms. The predicted molar refractivity (Wildman–Crippen MR) is 121 cm³/mol. The summed E-state index contributed by atoms with van der Waals surface area (Å²) in [5, 5.41) is 2.35. The summed E-state index contributed by atoms with van der Waals surface area (Å²) in [6.45, 7) is 6.37. The number of amides is 1. The molecule has 0 aromatic heterocycles. The van der Waals surface area contributed by atoms with Gasteiger partial charge in [0.1, 0.15) is 6.61 Å². The molecule has 0 spiro atoms. The third-order valence-electron chi connectivity index (χ3n) is 3.65. The molecule has 1 N–H and O–H groups in total. The first kappa shape index (κ1) is 32.6. The van der Waals surface area contributed by atoms with Crippen LogP contribution in [0, 0.1) is 0 Å². The summed E-state index contributed by atoms with van der Waals surface area (Å²) in [5.74, 6) is -0.635. The number of rotatable bonds is 17. The molecule has 0 fully saturated rings. The molecule has 0 saturated carbocycles. The molecule has 0 rings (SSSR count). The zero-order valence-electron chi connectivity index (χ0n) is 18.2. The number of alkyl carbamates (subject to hydrolysis) is 1. The van der Waals surface area contributed by atoms with Crippen molar-refractivity contribution in [1.82, 2.24) is 5.32 Å². The van der Waals surface area contributed by atoms with Crippen LogP contribution in [0.15, 0.2) is 12.7 Å². The van der Waals surface area contributed by atoms with Crippen LogP contribution in [0.25, 0.3) is 0 Å². The summed E-state index contributed by atoms with van der Waals surface area (Å²) < 4.78 is 109. The third-order valence-corrected chi connectivity index (χ3v) is 55.2. The Hall–Kier alpha value is -1.37. The maximum atomic E-state index is 12.3. The van der Waals surface area contributed by atoms with Crippen molar-refractivity contribution in [2.45, 2.75) is 25.6 Å². The number of nitrogens with one attached hydrogen (secondary N) is 1. The van der Waals surface area contributed by atoms with Crippen LogP contribution in [0.1, 0.15) is 6.42 Å². The summed E-state index contributed by atoms with van der Waals surface area (Å²) in [5.41, 5.74) is 0. The summed E-state index contributed by atoms with van der Waals surface area (Å²) in [7, 11) is -29.3. The van der Waals surface area contributed by atoms with Gasteiger partial charge >= 0.3 is 75.7 Å². The second-order valence-electron chi connectivity index (χ2n) is 6.81. The highest BCUT2D eigenvalue weighted by Crippen LogP contribution is 2.13. The lowest BCUT2D eigenvalue weighted by Gasteiger charge is -2.22. The standard InChI is InChI=1S/C11H21NO13Si9/c1-4-10(13)23-8-6-12-11(14)24-7-5-9-34(2,3)25-27(16)29(18)31(20)33(22)32(21)30(19)28(17)26-15/h4,26H,1,5-9H2,2-3H3,(H,12,14). The van der Waals surface area contributed by atoms with Crippen molar-refractivity contribution in [3.8, 4) is 0 Å². The normalized spacial score (nSPS) is 10.2. The fourth-order valence-corrected chi connectivity index (χ4v) is 68.9. The van der Waals surface area contributed by atoms with Gasteiger partial charge in [-0.2, -0.15) is 0 Å². The van der Waals surface area contributed by atoms with Gasteiger partial charge in [0, 0.05) is 6.08 Å². The third kappa shape index (κ3) is 12.4. The number of hydrogen-bond donors (Lipinski definition) is 1. The van der Waals surface area contributed by atoms with E-state index in [0.29, 0.717) is 12.5 Å². The summed E-state index contributed by atoms with van der Waals surface area (Å²) in [6, 6.07) is 0.303. The molecule has 0 atom stereocenters. The summed E-state index contributed by atoms with van der Waals surface area (Å²) >= 11 is 0. The minimum Gasteiger partial charge on any atom is -0.578 e. The average molecular weight is 628 g/mol. The van der Waals surface area contributed by atoms with Crippen LogP contribution >= 0.6 is 0 Å². The van der Waals surface area contributed by atoms with Crippen LogP contribution in [0.2, 0.25) is 19.1 Å². The first-order chi connectivity index (χ1) is 15.8. The molecule has 0 aliphatic rings. The van der Waals surface area contributed by atoms with Crippen molar-refractivity contribution < 1.29 is 58.9 Å². The molecule has 14 nitrogen and oxygen atoms in total. The topological polar surface area (TPSA) is 210 Å². The fraction of sp³-hybridized carbons (Fsp3) is 0.636. The summed E-state index contributed by atoms with van der Waals surface area (Å²) in [6.07, 6.45) is 0.512. The molecule has 0 aliphatic heterocycles. The van der Waals surface area contributed by atoms with Crippen molar-refractivity contribution in [3.63, 3.8) is 0 Å². The SMILES string of the molecule is C=CC(=O)OCCNC(=O)OCCC[Si](C)(C)O[Si](=O)[Si](=O)[Si](=O)[Si](=O)[Si](=O)[Si](=O)[Si](=O)[SiH]=O. The van der Waals surface area contributed by atoms with E-state index in [-0.39, 0.29) is 19.8 Å². The average Bonchev–Trinajstić information content (AvgIpc) is 2.80. The minimum absolute atomic E-state index is 0.0245. The molecule has 34 heavy (non-hydrogen) atoms. The largest absolute Gasteiger partial charge is 0.578 e. The summed E-state index contributed by atoms with van der Waals surface area (Å²) in [4.78, 5) is 22.4. The van der Waals surface area contributed by atoms with Crippen LogP contribution in [0.4, 0.5) is 4.79 Å². The van der Waals surface area contributed by atoms with Gasteiger partial charge in [-0.05, 0) is 25.6 Å². The Kier molecular flexibility index (Phi) is 15.7. The monoisotopic (exact) mass is 627 g/mol. The second kappa shape index (κ2) is 16.3. The highest BCUT2D eigenvalue weighted by molar-refractivity contribution is 7.72. The predicted octanol–water partition coefficient (Wildman–Crippen LogP) is -2.75. The molecule has 1 amide bonds. The number of carbonyl (C=O) groups excluding carboxylic acids is 2. The van der Waals surface area contributed by atoms with Crippen molar-refractivity contribution in [3.05, 3.63) is 12.7 Å². The first-order valence-electron chi connectivity index (χ1n) is 9.41. The van der Waals surface area contributed by atoms with Gasteiger partial charge in [0.05, 0.1) is 13.2 Å². The fourth-order valence-electron chi connectivity index (χ4n) is 1.99. The molecule has 184 valence electrons. The van der Waals surface area contributed by atoms with E-state index < -0.39 is 84.1 Å². The maximum absolute atomic E-state index is 12.3. The van der Waals surface area contributed by atoms with Gasteiger partial charge in [0.2, 0.25) is 8.32 Å². The lowest BCUT2D eigenvalue weighted by atomic mass is 10.5. The van der Waals surface area contributed by atoms with E-state index in [0.717, 1.165) is 6.08 Å². The second-order valence-corrected chi connectivity index (χ2v) is 44.3. The van der Waals surface area contributed by atoms with Crippen LogP contribution in [0.3, 0.4) is 0 Å². The Morgan fingerprint density at radius 3 is 2.03 bits per heavy atom.